The molecule has 0 aromatic heterocycles. The Labute approximate surface area is 138 Å². The van der Waals surface area contributed by atoms with E-state index in [4.69, 9.17) is 21.1 Å². The van der Waals surface area contributed by atoms with Gasteiger partial charge in [-0.15, -0.1) is 0 Å². The number of esters is 1. The second-order valence-corrected chi connectivity index (χ2v) is 5.51. The van der Waals surface area contributed by atoms with Crippen LogP contribution in [0.5, 0.6) is 5.75 Å². The minimum absolute atomic E-state index is 0.201. The summed E-state index contributed by atoms with van der Waals surface area (Å²) in [6.45, 7) is 1.45. The first-order valence-electron chi connectivity index (χ1n) is 7.05. The summed E-state index contributed by atoms with van der Waals surface area (Å²) in [4.78, 5) is 35.1. The summed E-state index contributed by atoms with van der Waals surface area (Å²) in [6, 6.07) is 4.08. The quantitative estimate of drug-likeness (QED) is 0.792. The zero-order chi connectivity index (χ0) is 17.0. The Morgan fingerprint density at radius 3 is 2.78 bits per heavy atom. The van der Waals surface area contributed by atoms with Crippen LogP contribution in [0.1, 0.15) is 19.8 Å². The van der Waals surface area contributed by atoms with Gasteiger partial charge in [-0.2, -0.15) is 0 Å². The van der Waals surface area contributed by atoms with E-state index in [9.17, 15) is 14.4 Å². The number of ether oxygens (including phenoxy) is 2. The fraction of sp³-hybridized carbons (Fsp3) is 0.400. The van der Waals surface area contributed by atoms with Crippen molar-refractivity contribution in [3.05, 3.63) is 23.2 Å². The topological polar surface area (TPSA) is 93.7 Å². The van der Waals surface area contributed by atoms with Crippen LogP contribution in [0.4, 0.5) is 5.69 Å². The third-order valence-electron chi connectivity index (χ3n) is 3.36. The molecule has 0 saturated carbocycles. The van der Waals surface area contributed by atoms with Gasteiger partial charge in [-0.3, -0.25) is 9.59 Å². The molecule has 0 radical (unpaired) electrons. The van der Waals surface area contributed by atoms with Crippen LogP contribution < -0.4 is 15.4 Å². The molecule has 1 aromatic rings. The lowest BCUT2D eigenvalue weighted by Crippen LogP contribution is -2.39. The highest BCUT2D eigenvalue weighted by Gasteiger charge is 2.31. The van der Waals surface area contributed by atoms with E-state index in [1.165, 1.54) is 20.1 Å². The maximum absolute atomic E-state index is 12.1. The number of hydrogen-bond acceptors (Lipinski definition) is 5. The molecule has 1 heterocycles. The highest BCUT2D eigenvalue weighted by molar-refractivity contribution is 6.31. The predicted molar refractivity (Wildman–Crippen MR) is 83.4 cm³/mol. The molecule has 0 bridgehead atoms. The second-order valence-electron chi connectivity index (χ2n) is 5.07. The van der Waals surface area contributed by atoms with Gasteiger partial charge in [0.05, 0.1) is 12.8 Å². The molecule has 2 amide bonds. The van der Waals surface area contributed by atoms with Gasteiger partial charge in [0.2, 0.25) is 5.91 Å². The first kappa shape index (κ1) is 17.1. The van der Waals surface area contributed by atoms with Crippen molar-refractivity contribution in [2.24, 2.45) is 0 Å². The summed E-state index contributed by atoms with van der Waals surface area (Å²) in [6.07, 6.45) is -0.377. The number of amides is 2. The van der Waals surface area contributed by atoms with Gasteiger partial charge in [0.25, 0.3) is 5.91 Å². The Bertz CT molecular complexity index is 634. The lowest BCUT2D eigenvalue weighted by atomic mass is 10.2. The Morgan fingerprint density at radius 1 is 1.43 bits per heavy atom. The predicted octanol–water partition coefficient (Wildman–Crippen LogP) is 1.50. The van der Waals surface area contributed by atoms with Gasteiger partial charge in [-0.1, -0.05) is 11.6 Å². The zero-order valence-electron chi connectivity index (χ0n) is 12.7. The van der Waals surface area contributed by atoms with E-state index in [-0.39, 0.29) is 12.3 Å². The van der Waals surface area contributed by atoms with E-state index in [2.05, 4.69) is 10.6 Å². The smallest absolute Gasteiger partial charge is 0.329 e. The maximum Gasteiger partial charge on any atom is 0.329 e. The van der Waals surface area contributed by atoms with E-state index in [1.54, 1.807) is 12.1 Å². The van der Waals surface area contributed by atoms with E-state index in [1.807, 2.05) is 0 Å². The van der Waals surface area contributed by atoms with Crippen LogP contribution in [0.3, 0.4) is 0 Å². The highest BCUT2D eigenvalue weighted by atomic mass is 35.5. The maximum atomic E-state index is 12.1. The molecule has 2 rings (SSSR count). The van der Waals surface area contributed by atoms with Crippen molar-refractivity contribution in [3.8, 4) is 5.75 Å². The summed E-state index contributed by atoms with van der Waals surface area (Å²) in [5, 5.41) is 5.51. The molecule has 23 heavy (non-hydrogen) atoms. The van der Waals surface area contributed by atoms with Crippen LogP contribution in [0.15, 0.2) is 18.2 Å². The van der Waals surface area contributed by atoms with Crippen molar-refractivity contribution in [1.29, 1.82) is 0 Å². The lowest BCUT2D eigenvalue weighted by Gasteiger charge is -2.17. The fourth-order valence-corrected chi connectivity index (χ4v) is 2.29. The minimum atomic E-state index is -1.02. The molecule has 2 atom stereocenters. The van der Waals surface area contributed by atoms with Gasteiger partial charge < -0.3 is 20.1 Å². The molecule has 2 N–H and O–H groups in total. The Kier molecular flexibility index (Phi) is 5.44. The number of hydrogen-bond donors (Lipinski definition) is 2. The first-order valence-corrected chi connectivity index (χ1v) is 7.42. The molecule has 1 aliphatic heterocycles. The number of carbonyl (C=O) groups is 3. The van der Waals surface area contributed by atoms with Gasteiger partial charge in [-0.05, 0) is 31.5 Å². The van der Waals surface area contributed by atoms with Crippen LogP contribution in [-0.4, -0.2) is 37.0 Å². The number of halogens is 1. The molecule has 124 valence electrons. The van der Waals surface area contributed by atoms with Crippen molar-refractivity contribution in [3.63, 3.8) is 0 Å². The van der Waals surface area contributed by atoms with E-state index in [0.717, 1.165) is 0 Å². The molecule has 1 saturated heterocycles. The van der Waals surface area contributed by atoms with Crippen LogP contribution in [0, 0.1) is 0 Å². The molecule has 7 nitrogen and oxygen atoms in total. The number of rotatable bonds is 5. The number of anilines is 1. The third kappa shape index (κ3) is 4.35. The van der Waals surface area contributed by atoms with E-state index < -0.39 is 24.0 Å². The van der Waals surface area contributed by atoms with Gasteiger partial charge in [0, 0.05) is 11.4 Å². The van der Waals surface area contributed by atoms with E-state index >= 15 is 0 Å². The summed E-state index contributed by atoms with van der Waals surface area (Å²) < 4.78 is 10.2. The number of nitrogens with one attached hydrogen (secondary N) is 2. The molecular formula is C15H17ClN2O5. The molecule has 0 unspecified atom stereocenters. The molecular weight excluding hydrogens is 324 g/mol. The Morgan fingerprint density at radius 2 is 2.17 bits per heavy atom. The second kappa shape index (κ2) is 7.32. The number of carbonyl (C=O) groups excluding carboxylic acids is 3. The summed E-state index contributed by atoms with van der Waals surface area (Å²) in [5.74, 6) is -0.920. The van der Waals surface area contributed by atoms with Gasteiger partial charge in [0.1, 0.15) is 11.8 Å². The van der Waals surface area contributed by atoms with Gasteiger partial charge in [-0.25, -0.2) is 4.79 Å². The fourth-order valence-electron chi connectivity index (χ4n) is 2.11. The first-order chi connectivity index (χ1) is 10.9. The number of methoxy groups -OCH3 is 1. The lowest BCUT2D eigenvalue weighted by molar-refractivity contribution is -0.155. The van der Waals surface area contributed by atoms with Crippen molar-refractivity contribution in [2.45, 2.75) is 31.9 Å². The molecule has 0 aliphatic carbocycles. The average molecular weight is 341 g/mol. The molecule has 1 aromatic carbocycles. The SMILES string of the molecule is COc1ccc(Cl)cc1NC(=O)[C@@H](C)OC(=O)[C@@H]1CCC(=O)N1. The summed E-state index contributed by atoms with van der Waals surface area (Å²) in [7, 11) is 1.46. The van der Waals surface area contributed by atoms with Crippen LogP contribution in [0.2, 0.25) is 5.02 Å². The average Bonchev–Trinajstić information content (AvgIpc) is 2.94. The van der Waals surface area contributed by atoms with Crippen molar-refractivity contribution >= 4 is 35.1 Å². The van der Waals surface area contributed by atoms with Crippen LogP contribution in [-0.2, 0) is 19.1 Å². The zero-order valence-corrected chi connectivity index (χ0v) is 13.5. The summed E-state index contributed by atoms with van der Waals surface area (Å²) >= 11 is 5.89. The number of benzene rings is 1. The van der Waals surface area contributed by atoms with Gasteiger partial charge >= 0.3 is 5.97 Å². The molecule has 8 heteroatoms. The van der Waals surface area contributed by atoms with Crippen molar-refractivity contribution < 1.29 is 23.9 Å². The monoisotopic (exact) mass is 340 g/mol. The normalized spacial score (nSPS) is 18.0. The van der Waals surface area contributed by atoms with Crippen molar-refractivity contribution in [2.75, 3.05) is 12.4 Å². The van der Waals surface area contributed by atoms with Crippen LogP contribution in [0.25, 0.3) is 0 Å². The molecule has 0 spiro atoms. The largest absolute Gasteiger partial charge is 0.495 e. The Balaban J connectivity index is 1.96. The van der Waals surface area contributed by atoms with Crippen molar-refractivity contribution in [1.82, 2.24) is 5.32 Å². The third-order valence-corrected chi connectivity index (χ3v) is 3.60. The highest BCUT2D eigenvalue weighted by Crippen LogP contribution is 2.27. The summed E-state index contributed by atoms with van der Waals surface area (Å²) in [5.41, 5.74) is 0.377. The molecule has 1 aliphatic rings. The standard InChI is InChI=1S/C15H17ClN2O5/c1-8(23-15(21)10-4-6-13(19)17-10)14(20)18-11-7-9(16)3-5-12(11)22-2/h3,5,7-8,10H,4,6H2,1-2H3,(H,17,19)(H,18,20)/t8-,10+/m1/s1. The molecule has 1 fully saturated rings. The Hall–Kier alpha value is -2.28. The minimum Gasteiger partial charge on any atom is -0.495 e. The van der Waals surface area contributed by atoms with Crippen LogP contribution >= 0.6 is 11.6 Å². The van der Waals surface area contributed by atoms with E-state index in [0.29, 0.717) is 22.9 Å². The van der Waals surface area contributed by atoms with Gasteiger partial charge in [0.15, 0.2) is 6.10 Å².